The fraction of sp³-hybridized carbons (Fsp3) is 0.320. The summed E-state index contributed by atoms with van der Waals surface area (Å²) in [4.78, 5) is 42.9. The van der Waals surface area contributed by atoms with Crippen LogP contribution in [0.3, 0.4) is 0 Å². The fourth-order valence-electron chi connectivity index (χ4n) is 4.10. The van der Waals surface area contributed by atoms with E-state index in [1.165, 1.54) is 13.2 Å². The Bertz CT molecular complexity index is 1220. The number of hydrogen-bond acceptors (Lipinski definition) is 6. The summed E-state index contributed by atoms with van der Waals surface area (Å²) < 4.78 is 7.01. The number of nitrogens with zero attached hydrogens (tertiary/aromatic N) is 2. The Balaban J connectivity index is 1.53. The van der Waals surface area contributed by atoms with Gasteiger partial charge in [-0.2, -0.15) is 0 Å². The number of ether oxygens (including phenoxy) is 1. The molecule has 0 fully saturated rings. The van der Waals surface area contributed by atoms with Gasteiger partial charge in [-0.15, -0.1) is 23.1 Å². The molecular weight excluding hydrogens is 470 g/mol. The molecular formula is C25H27N3O4S2. The average Bonchev–Trinajstić information content (AvgIpc) is 3.27. The molecule has 0 atom stereocenters. The Labute approximate surface area is 206 Å². The highest BCUT2D eigenvalue weighted by atomic mass is 32.2. The molecule has 1 aliphatic rings. The first-order chi connectivity index (χ1) is 16.5. The van der Waals surface area contributed by atoms with E-state index in [0.717, 1.165) is 15.3 Å². The Morgan fingerprint density at radius 3 is 2.62 bits per heavy atom. The standard InChI is InChI=1S/C25H27N3O4S2/c1-32-21-15-23(30)28-12-11-27(22(29)14-17-5-7-18(33-2)8-6-17)10-9-20(28)24(21)25(31)26-16-19-4-3-13-34-19/h3-8,13,15H,9-12,14,16H2,1-2H3,(H,26,31). The van der Waals surface area contributed by atoms with Gasteiger partial charge in [0.25, 0.3) is 11.5 Å². The number of pyridine rings is 1. The molecule has 0 saturated heterocycles. The molecule has 0 spiro atoms. The number of thiophene rings is 1. The van der Waals surface area contributed by atoms with Gasteiger partial charge < -0.3 is 19.5 Å². The molecule has 0 radical (unpaired) electrons. The smallest absolute Gasteiger partial charge is 0.257 e. The van der Waals surface area contributed by atoms with Crippen LogP contribution in [0.1, 0.15) is 26.5 Å². The van der Waals surface area contributed by atoms with Crippen LogP contribution in [-0.2, 0) is 30.7 Å². The van der Waals surface area contributed by atoms with Gasteiger partial charge in [-0.1, -0.05) is 18.2 Å². The number of carbonyl (C=O) groups is 2. The number of amides is 2. The SMILES string of the molecule is COc1cc(=O)n2c(c1C(=O)NCc1cccs1)CCN(C(=O)Cc1ccc(SC)cc1)CC2. The molecule has 178 valence electrons. The van der Waals surface area contributed by atoms with Crippen LogP contribution in [0, 0.1) is 0 Å². The summed E-state index contributed by atoms with van der Waals surface area (Å²) in [5.74, 6) is -0.0235. The van der Waals surface area contributed by atoms with Gasteiger partial charge in [0.2, 0.25) is 5.91 Å². The van der Waals surface area contributed by atoms with E-state index in [0.29, 0.717) is 50.3 Å². The van der Waals surface area contributed by atoms with E-state index in [9.17, 15) is 14.4 Å². The number of carbonyl (C=O) groups excluding carboxylic acids is 2. The minimum Gasteiger partial charge on any atom is -0.496 e. The van der Waals surface area contributed by atoms with Crippen molar-refractivity contribution in [3.63, 3.8) is 0 Å². The van der Waals surface area contributed by atoms with Crippen molar-refractivity contribution >= 4 is 34.9 Å². The molecule has 0 saturated carbocycles. The number of benzene rings is 1. The van der Waals surface area contributed by atoms with Crippen LogP contribution in [-0.4, -0.2) is 47.7 Å². The Hall–Kier alpha value is -3.04. The lowest BCUT2D eigenvalue weighted by Crippen LogP contribution is -2.35. The van der Waals surface area contributed by atoms with Gasteiger partial charge in [-0.05, 0) is 35.4 Å². The molecule has 3 aromatic rings. The molecule has 2 amide bonds. The van der Waals surface area contributed by atoms with Crippen molar-refractivity contribution in [3.8, 4) is 5.75 Å². The molecule has 2 aromatic heterocycles. The summed E-state index contributed by atoms with van der Waals surface area (Å²) in [5.41, 5.74) is 1.69. The monoisotopic (exact) mass is 497 g/mol. The van der Waals surface area contributed by atoms with E-state index >= 15 is 0 Å². The molecule has 1 N–H and O–H groups in total. The second-order valence-corrected chi connectivity index (χ2v) is 9.85. The van der Waals surface area contributed by atoms with Gasteiger partial charge in [-0.25, -0.2) is 0 Å². The van der Waals surface area contributed by atoms with Crippen molar-refractivity contribution in [2.24, 2.45) is 0 Å². The predicted molar refractivity (Wildman–Crippen MR) is 135 cm³/mol. The zero-order valence-corrected chi connectivity index (χ0v) is 20.8. The van der Waals surface area contributed by atoms with Crippen LogP contribution in [0.5, 0.6) is 5.75 Å². The highest BCUT2D eigenvalue weighted by Gasteiger charge is 2.26. The summed E-state index contributed by atoms with van der Waals surface area (Å²) in [5, 5.41) is 4.89. The molecule has 3 heterocycles. The molecule has 0 bridgehead atoms. The van der Waals surface area contributed by atoms with Gasteiger partial charge in [-0.3, -0.25) is 14.4 Å². The van der Waals surface area contributed by atoms with Gasteiger partial charge in [0.05, 0.1) is 20.1 Å². The minimum absolute atomic E-state index is 0.00779. The topological polar surface area (TPSA) is 80.6 Å². The first kappa shape index (κ1) is 24.1. The van der Waals surface area contributed by atoms with Gasteiger partial charge in [0.1, 0.15) is 11.3 Å². The lowest BCUT2D eigenvalue weighted by molar-refractivity contribution is -0.130. The summed E-state index contributed by atoms with van der Waals surface area (Å²) in [6, 6.07) is 13.2. The molecule has 9 heteroatoms. The third-order valence-corrected chi connectivity index (χ3v) is 7.53. The van der Waals surface area contributed by atoms with Crippen molar-refractivity contribution in [1.29, 1.82) is 0 Å². The van der Waals surface area contributed by atoms with Gasteiger partial charge in [0.15, 0.2) is 0 Å². The summed E-state index contributed by atoms with van der Waals surface area (Å²) >= 11 is 3.22. The van der Waals surface area contributed by atoms with Crippen molar-refractivity contribution in [2.75, 3.05) is 26.5 Å². The summed E-state index contributed by atoms with van der Waals surface area (Å²) in [6.07, 6.45) is 2.71. The maximum absolute atomic E-state index is 13.1. The first-order valence-corrected chi connectivity index (χ1v) is 13.1. The van der Waals surface area contributed by atoms with E-state index < -0.39 is 0 Å². The van der Waals surface area contributed by atoms with Crippen molar-refractivity contribution in [2.45, 2.75) is 30.8 Å². The summed E-state index contributed by atoms with van der Waals surface area (Å²) in [7, 11) is 1.46. The number of methoxy groups -OCH3 is 1. The third-order valence-electron chi connectivity index (χ3n) is 5.91. The molecule has 4 rings (SSSR count). The number of rotatable bonds is 7. The summed E-state index contributed by atoms with van der Waals surface area (Å²) in [6.45, 7) is 1.58. The Morgan fingerprint density at radius 2 is 1.94 bits per heavy atom. The second-order valence-electron chi connectivity index (χ2n) is 7.94. The maximum atomic E-state index is 13.1. The second kappa shape index (κ2) is 10.9. The van der Waals surface area contributed by atoms with Crippen LogP contribution in [0.4, 0.5) is 0 Å². The lowest BCUT2D eigenvalue weighted by Gasteiger charge is -2.20. The molecule has 0 aliphatic carbocycles. The zero-order chi connectivity index (χ0) is 24.1. The number of thioether (sulfide) groups is 1. The van der Waals surface area contributed by atoms with Gasteiger partial charge in [0, 0.05) is 47.6 Å². The molecule has 1 aliphatic heterocycles. The highest BCUT2D eigenvalue weighted by molar-refractivity contribution is 7.98. The van der Waals surface area contributed by atoms with E-state index in [1.54, 1.807) is 32.6 Å². The lowest BCUT2D eigenvalue weighted by atomic mass is 10.1. The predicted octanol–water partition coefficient (Wildman–Crippen LogP) is 3.20. The fourth-order valence-corrected chi connectivity index (χ4v) is 5.16. The Morgan fingerprint density at radius 1 is 1.15 bits per heavy atom. The van der Waals surface area contributed by atoms with E-state index in [1.807, 2.05) is 48.0 Å². The van der Waals surface area contributed by atoms with Crippen LogP contribution >= 0.6 is 23.1 Å². The van der Waals surface area contributed by atoms with Gasteiger partial charge >= 0.3 is 0 Å². The number of aromatic nitrogens is 1. The molecule has 0 unspecified atom stereocenters. The van der Waals surface area contributed by atoms with Crippen LogP contribution in [0.25, 0.3) is 0 Å². The van der Waals surface area contributed by atoms with Crippen molar-refractivity contribution in [1.82, 2.24) is 14.8 Å². The first-order valence-electron chi connectivity index (χ1n) is 11.0. The molecule has 34 heavy (non-hydrogen) atoms. The van der Waals surface area contributed by atoms with Crippen LogP contribution in [0.2, 0.25) is 0 Å². The molecule has 1 aromatic carbocycles. The normalized spacial score (nSPS) is 13.2. The number of hydrogen-bond donors (Lipinski definition) is 1. The Kier molecular flexibility index (Phi) is 7.74. The molecule has 7 nitrogen and oxygen atoms in total. The largest absolute Gasteiger partial charge is 0.496 e. The average molecular weight is 498 g/mol. The third kappa shape index (κ3) is 5.37. The quantitative estimate of drug-likeness (QED) is 0.507. The maximum Gasteiger partial charge on any atom is 0.257 e. The van der Waals surface area contributed by atoms with Crippen molar-refractivity contribution in [3.05, 3.63) is 79.9 Å². The van der Waals surface area contributed by atoms with E-state index in [-0.39, 0.29) is 23.1 Å². The van der Waals surface area contributed by atoms with Crippen LogP contribution in [0.15, 0.2) is 57.5 Å². The van der Waals surface area contributed by atoms with E-state index in [4.69, 9.17) is 4.74 Å². The number of nitrogens with one attached hydrogen (secondary N) is 1. The number of fused-ring (bicyclic) bond motifs is 1. The van der Waals surface area contributed by atoms with Crippen LogP contribution < -0.4 is 15.6 Å². The zero-order valence-electron chi connectivity index (χ0n) is 19.2. The highest BCUT2D eigenvalue weighted by Crippen LogP contribution is 2.23. The minimum atomic E-state index is -0.289. The van der Waals surface area contributed by atoms with E-state index in [2.05, 4.69) is 5.32 Å². The van der Waals surface area contributed by atoms with Crippen molar-refractivity contribution < 1.29 is 14.3 Å².